The number of rotatable bonds is 4. The maximum Gasteiger partial charge on any atom is 0.262 e. The Morgan fingerprint density at radius 1 is 1.37 bits per heavy atom. The van der Waals surface area contributed by atoms with Crippen molar-refractivity contribution in [1.29, 1.82) is 0 Å². The predicted octanol–water partition coefficient (Wildman–Crippen LogP) is 2.44. The fourth-order valence-electron chi connectivity index (χ4n) is 1.43. The van der Waals surface area contributed by atoms with E-state index in [1.54, 1.807) is 30.5 Å². The maximum absolute atomic E-state index is 11.7. The number of nitrogen functional groups attached to an aromatic ring is 1. The molecule has 0 aliphatic heterocycles. The Kier molecular flexibility index (Phi) is 4.35. The minimum atomic E-state index is -0.263. The van der Waals surface area contributed by atoms with E-state index in [0.717, 1.165) is 4.47 Å². The summed E-state index contributed by atoms with van der Waals surface area (Å²) in [6, 6.07) is 10.7. The Balaban J connectivity index is 1.90. The summed E-state index contributed by atoms with van der Waals surface area (Å²) in [6.07, 6.45) is 1.56. The monoisotopic (exact) mass is 321 g/mol. The number of hydrogen-bond donors (Lipinski definition) is 2. The van der Waals surface area contributed by atoms with E-state index in [1.807, 2.05) is 12.1 Å². The van der Waals surface area contributed by atoms with E-state index in [9.17, 15) is 4.79 Å². The lowest BCUT2D eigenvalue weighted by atomic mass is 10.3. The van der Waals surface area contributed by atoms with Crippen molar-refractivity contribution in [2.45, 2.75) is 0 Å². The molecule has 0 spiro atoms. The summed E-state index contributed by atoms with van der Waals surface area (Å²) < 4.78 is 6.18. The largest absolute Gasteiger partial charge is 0.480 e. The molecule has 0 saturated heterocycles. The summed E-state index contributed by atoms with van der Waals surface area (Å²) in [5.41, 5.74) is 6.30. The molecule has 19 heavy (non-hydrogen) atoms. The first-order chi connectivity index (χ1) is 9.15. The van der Waals surface area contributed by atoms with E-state index in [1.165, 1.54) is 0 Å². The van der Waals surface area contributed by atoms with Gasteiger partial charge in [-0.05, 0) is 30.3 Å². The summed E-state index contributed by atoms with van der Waals surface area (Å²) in [5.74, 6) is 0.394. The number of nitrogens with two attached hydrogens (primary N) is 1. The van der Waals surface area contributed by atoms with Crippen molar-refractivity contribution < 1.29 is 9.53 Å². The molecule has 5 nitrogen and oxygen atoms in total. The summed E-state index contributed by atoms with van der Waals surface area (Å²) in [7, 11) is 0. The number of carbonyl (C=O) groups is 1. The van der Waals surface area contributed by atoms with Gasteiger partial charge in [0.25, 0.3) is 5.91 Å². The third kappa shape index (κ3) is 3.96. The molecular weight excluding hydrogens is 310 g/mol. The third-order valence-electron chi connectivity index (χ3n) is 2.27. The van der Waals surface area contributed by atoms with Crippen molar-refractivity contribution in [3.63, 3.8) is 0 Å². The number of anilines is 2. The normalized spacial score (nSPS) is 9.95. The first-order valence-electron chi connectivity index (χ1n) is 5.54. The molecule has 0 unspecified atom stereocenters. The van der Waals surface area contributed by atoms with E-state index in [4.69, 9.17) is 10.5 Å². The summed E-state index contributed by atoms with van der Waals surface area (Å²) >= 11 is 3.33. The van der Waals surface area contributed by atoms with Crippen LogP contribution in [0.25, 0.3) is 0 Å². The van der Waals surface area contributed by atoms with Crippen LogP contribution in [0.3, 0.4) is 0 Å². The van der Waals surface area contributed by atoms with Gasteiger partial charge in [0.15, 0.2) is 18.2 Å². The minimum Gasteiger partial charge on any atom is -0.480 e. The van der Waals surface area contributed by atoms with E-state index in [0.29, 0.717) is 11.4 Å². The number of benzene rings is 1. The molecule has 98 valence electrons. The van der Waals surface area contributed by atoms with Gasteiger partial charge in [-0.3, -0.25) is 4.79 Å². The molecule has 1 heterocycles. The molecule has 0 fully saturated rings. The molecule has 1 amide bonds. The van der Waals surface area contributed by atoms with Crippen molar-refractivity contribution in [2.24, 2.45) is 0 Å². The lowest BCUT2D eigenvalue weighted by Crippen LogP contribution is -2.20. The topological polar surface area (TPSA) is 77.2 Å². The van der Waals surface area contributed by atoms with E-state index in [-0.39, 0.29) is 18.3 Å². The Morgan fingerprint density at radius 2 is 2.21 bits per heavy atom. The average molecular weight is 322 g/mol. The van der Waals surface area contributed by atoms with Crippen LogP contribution in [0.15, 0.2) is 47.1 Å². The molecule has 6 heteroatoms. The summed E-state index contributed by atoms with van der Waals surface area (Å²) in [6.45, 7) is -0.123. The molecule has 3 N–H and O–H groups in total. The molecule has 0 saturated carbocycles. The van der Waals surface area contributed by atoms with Gasteiger partial charge in [-0.25, -0.2) is 4.98 Å². The number of pyridine rings is 1. The zero-order valence-electron chi connectivity index (χ0n) is 9.97. The molecule has 2 aromatic rings. The fourth-order valence-corrected chi connectivity index (χ4v) is 1.83. The number of nitrogens with one attached hydrogen (secondary N) is 1. The first kappa shape index (κ1) is 13.4. The first-order valence-corrected chi connectivity index (χ1v) is 6.33. The van der Waals surface area contributed by atoms with Gasteiger partial charge >= 0.3 is 0 Å². The molecular formula is C13H12BrN3O2. The molecule has 1 aromatic heterocycles. The number of carbonyl (C=O) groups excluding carboxylic acids is 1. The standard InChI is InChI=1S/C13H12BrN3O2/c14-9-3-1-4-10(7-9)17-12(18)8-19-11-5-2-6-16-13(11)15/h1-7H,8H2,(H2,15,16)(H,17,18). The van der Waals surface area contributed by atoms with Crippen LogP contribution < -0.4 is 15.8 Å². The van der Waals surface area contributed by atoms with Crippen molar-refractivity contribution in [3.05, 3.63) is 47.1 Å². The molecule has 0 bridgehead atoms. The SMILES string of the molecule is Nc1ncccc1OCC(=O)Nc1cccc(Br)c1. The molecule has 0 aliphatic rings. The van der Waals surface area contributed by atoms with Crippen LogP contribution in [-0.2, 0) is 4.79 Å². The second-order valence-electron chi connectivity index (χ2n) is 3.73. The summed E-state index contributed by atoms with van der Waals surface area (Å²) in [4.78, 5) is 15.6. The van der Waals surface area contributed by atoms with Gasteiger partial charge in [0, 0.05) is 16.4 Å². The second-order valence-corrected chi connectivity index (χ2v) is 4.65. The van der Waals surface area contributed by atoms with E-state index >= 15 is 0 Å². The van der Waals surface area contributed by atoms with Crippen LogP contribution in [-0.4, -0.2) is 17.5 Å². The quantitative estimate of drug-likeness (QED) is 0.906. The number of nitrogens with zero attached hydrogens (tertiary/aromatic N) is 1. The molecule has 1 aromatic carbocycles. The van der Waals surface area contributed by atoms with Crippen molar-refractivity contribution in [1.82, 2.24) is 4.98 Å². The Hall–Kier alpha value is -2.08. The number of hydrogen-bond acceptors (Lipinski definition) is 4. The van der Waals surface area contributed by atoms with Gasteiger partial charge in [0.2, 0.25) is 0 Å². The van der Waals surface area contributed by atoms with Gasteiger partial charge in [0.05, 0.1) is 0 Å². The molecule has 0 atom stereocenters. The van der Waals surface area contributed by atoms with E-state index in [2.05, 4.69) is 26.2 Å². The molecule has 0 aliphatic carbocycles. The van der Waals surface area contributed by atoms with Crippen LogP contribution in [0.1, 0.15) is 0 Å². The third-order valence-corrected chi connectivity index (χ3v) is 2.76. The van der Waals surface area contributed by atoms with Crippen LogP contribution in [0.4, 0.5) is 11.5 Å². The predicted molar refractivity (Wildman–Crippen MR) is 76.9 cm³/mol. The Bertz CT molecular complexity index is 590. The van der Waals surface area contributed by atoms with E-state index < -0.39 is 0 Å². The van der Waals surface area contributed by atoms with Gasteiger partial charge in [-0.1, -0.05) is 22.0 Å². The van der Waals surface area contributed by atoms with Gasteiger partial charge in [-0.2, -0.15) is 0 Å². The zero-order valence-corrected chi connectivity index (χ0v) is 11.6. The lowest BCUT2D eigenvalue weighted by molar-refractivity contribution is -0.118. The maximum atomic E-state index is 11.7. The second kappa shape index (κ2) is 6.19. The van der Waals surface area contributed by atoms with Gasteiger partial charge in [0.1, 0.15) is 0 Å². The number of aromatic nitrogens is 1. The molecule has 0 radical (unpaired) electrons. The highest BCUT2D eigenvalue weighted by Gasteiger charge is 2.06. The Morgan fingerprint density at radius 3 is 2.95 bits per heavy atom. The lowest BCUT2D eigenvalue weighted by Gasteiger charge is -2.08. The minimum absolute atomic E-state index is 0.123. The number of ether oxygens (including phenoxy) is 1. The van der Waals surface area contributed by atoms with Crippen LogP contribution >= 0.6 is 15.9 Å². The summed E-state index contributed by atoms with van der Waals surface area (Å²) in [5, 5.41) is 2.72. The van der Waals surface area contributed by atoms with Crippen LogP contribution in [0.5, 0.6) is 5.75 Å². The van der Waals surface area contributed by atoms with Crippen molar-refractivity contribution in [3.8, 4) is 5.75 Å². The van der Waals surface area contributed by atoms with Gasteiger partial charge < -0.3 is 15.8 Å². The zero-order chi connectivity index (χ0) is 13.7. The van der Waals surface area contributed by atoms with Crippen LogP contribution in [0, 0.1) is 0 Å². The average Bonchev–Trinajstić information content (AvgIpc) is 2.38. The van der Waals surface area contributed by atoms with Gasteiger partial charge in [-0.15, -0.1) is 0 Å². The van der Waals surface area contributed by atoms with Crippen molar-refractivity contribution in [2.75, 3.05) is 17.7 Å². The van der Waals surface area contributed by atoms with Crippen molar-refractivity contribution >= 4 is 33.3 Å². The van der Waals surface area contributed by atoms with Crippen LogP contribution in [0.2, 0.25) is 0 Å². The number of amides is 1. The fraction of sp³-hybridized carbons (Fsp3) is 0.0769. The highest BCUT2D eigenvalue weighted by Crippen LogP contribution is 2.17. The molecule has 2 rings (SSSR count). The highest BCUT2D eigenvalue weighted by molar-refractivity contribution is 9.10. The number of halogens is 1. The smallest absolute Gasteiger partial charge is 0.262 e. The Labute approximate surface area is 118 Å². The highest BCUT2D eigenvalue weighted by atomic mass is 79.9.